The molecule has 112 valence electrons. The van der Waals surface area contributed by atoms with Crippen LogP contribution in [0.4, 0.5) is 0 Å². The van der Waals surface area contributed by atoms with Crippen molar-refractivity contribution in [2.75, 3.05) is 24.7 Å². The third kappa shape index (κ3) is 14.2. The summed E-state index contributed by atoms with van der Waals surface area (Å²) in [6.07, 6.45) is 1.26. The highest BCUT2D eigenvalue weighted by Crippen LogP contribution is 2.12. The summed E-state index contributed by atoms with van der Waals surface area (Å²) in [7, 11) is 0. The Kier molecular flexibility index (Phi) is 11.8. The Morgan fingerprint density at radius 1 is 0.842 bits per heavy atom. The lowest BCUT2D eigenvalue weighted by atomic mass is 10.2. The van der Waals surface area contributed by atoms with Crippen molar-refractivity contribution < 1.29 is 14.3 Å². The number of hydrogen-bond acceptors (Lipinski definition) is 5. The average molecular weight is 306 g/mol. The molecule has 0 bridgehead atoms. The molecule has 3 nitrogen and oxygen atoms in total. The maximum absolute atomic E-state index is 11.4. The van der Waals surface area contributed by atoms with Gasteiger partial charge in [0.15, 0.2) is 10.2 Å². The summed E-state index contributed by atoms with van der Waals surface area (Å²) in [5.41, 5.74) is 0. The minimum atomic E-state index is 0.236. The van der Waals surface area contributed by atoms with Gasteiger partial charge in [-0.1, -0.05) is 51.2 Å². The van der Waals surface area contributed by atoms with Crippen LogP contribution in [0.15, 0.2) is 0 Å². The van der Waals surface area contributed by atoms with Gasteiger partial charge in [0.2, 0.25) is 0 Å². The monoisotopic (exact) mass is 306 g/mol. The second-order valence-corrected chi connectivity index (χ2v) is 7.55. The summed E-state index contributed by atoms with van der Waals surface area (Å²) in [6, 6.07) is 0. The molecule has 0 aromatic rings. The predicted octanol–water partition coefficient (Wildman–Crippen LogP) is 3.61. The summed E-state index contributed by atoms with van der Waals surface area (Å²) < 4.78 is 5.40. The Morgan fingerprint density at radius 2 is 1.21 bits per heavy atom. The van der Waals surface area contributed by atoms with Gasteiger partial charge in [0.05, 0.1) is 13.2 Å². The van der Waals surface area contributed by atoms with Crippen molar-refractivity contribution in [1.29, 1.82) is 0 Å². The van der Waals surface area contributed by atoms with E-state index in [2.05, 4.69) is 0 Å². The van der Waals surface area contributed by atoms with Crippen molar-refractivity contribution in [3.8, 4) is 0 Å². The fourth-order valence-corrected chi connectivity index (χ4v) is 3.08. The smallest absolute Gasteiger partial charge is 0.189 e. The van der Waals surface area contributed by atoms with Gasteiger partial charge in [-0.15, -0.1) is 0 Å². The van der Waals surface area contributed by atoms with Gasteiger partial charge in [0.25, 0.3) is 0 Å². The number of ether oxygens (including phenoxy) is 1. The SMILES string of the molecule is CC(C)CC(=O)SCCOCCSC(=O)CC(C)C. The normalized spacial score (nSPS) is 11.3. The summed E-state index contributed by atoms with van der Waals surface area (Å²) in [4.78, 5) is 22.8. The van der Waals surface area contributed by atoms with Crippen LogP contribution < -0.4 is 0 Å². The van der Waals surface area contributed by atoms with Gasteiger partial charge in [-0.3, -0.25) is 9.59 Å². The number of hydrogen-bond donors (Lipinski definition) is 0. The Morgan fingerprint density at radius 3 is 1.53 bits per heavy atom. The first kappa shape index (κ1) is 19.0. The van der Waals surface area contributed by atoms with Gasteiger partial charge in [-0.05, 0) is 11.8 Å². The fraction of sp³-hybridized carbons (Fsp3) is 0.857. The van der Waals surface area contributed by atoms with Crippen molar-refractivity contribution in [1.82, 2.24) is 0 Å². The van der Waals surface area contributed by atoms with Crippen LogP contribution in [-0.4, -0.2) is 35.0 Å². The highest BCUT2D eigenvalue weighted by molar-refractivity contribution is 8.13. The van der Waals surface area contributed by atoms with Crippen LogP contribution >= 0.6 is 23.5 Å². The van der Waals surface area contributed by atoms with Crippen LogP contribution in [0.1, 0.15) is 40.5 Å². The molecular weight excluding hydrogens is 280 g/mol. The average Bonchev–Trinajstić information content (AvgIpc) is 2.25. The molecule has 0 aromatic heterocycles. The van der Waals surface area contributed by atoms with Crippen LogP contribution in [-0.2, 0) is 14.3 Å². The van der Waals surface area contributed by atoms with Gasteiger partial charge in [-0.25, -0.2) is 0 Å². The van der Waals surface area contributed by atoms with E-state index in [9.17, 15) is 9.59 Å². The Hall–Kier alpha value is -0.0000000000000000555. The zero-order valence-electron chi connectivity index (χ0n) is 12.4. The van der Waals surface area contributed by atoms with E-state index in [1.165, 1.54) is 23.5 Å². The second-order valence-electron chi connectivity index (χ2n) is 5.25. The predicted molar refractivity (Wildman–Crippen MR) is 84.7 cm³/mol. The molecule has 0 amide bonds. The van der Waals surface area contributed by atoms with Gasteiger partial charge in [0.1, 0.15) is 0 Å². The fourth-order valence-electron chi connectivity index (χ4n) is 1.32. The van der Waals surface area contributed by atoms with Crippen molar-refractivity contribution in [3.05, 3.63) is 0 Å². The van der Waals surface area contributed by atoms with Gasteiger partial charge >= 0.3 is 0 Å². The summed E-state index contributed by atoms with van der Waals surface area (Å²) >= 11 is 2.68. The zero-order valence-corrected chi connectivity index (χ0v) is 14.1. The van der Waals surface area contributed by atoms with E-state index in [1.54, 1.807) is 0 Å². The standard InChI is InChI=1S/C14H26O3S2/c1-11(2)9-13(15)18-7-5-17-6-8-19-14(16)10-12(3)4/h11-12H,5-10H2,1-4H3. The first-order valence-electron chi connectivity index (χ1n) is 6.80. The molecule has 19 heavy (non-hydrogen) atoms. The van der Waals surface area contributed by atoms with E-state index in [1.807, 2.05) is 27.7 Å². The molecule has 0 spiro atoms. The summed E-state index contributed by atoms with van der Waals surface area (Å²) in [5.74, 6) is 2.25. The summed E-state index contributed by atoms with van der Waals surface area (Å²) in [5, 5.41) is 0.472. The van der Waals surface area contributed by atoms with E-state index in [0.29, 0.717) is 49.4 Å². The maximum Gasteiger partial charge on any atom is 0.189 e. The lowest BCUT2D eigenvalue weighted by molar-refractivity contribution is -0.112. The van der Waals surface area contributed by atoms with E-state index >= 15 is 0 Å². The molecule has 0 unspecified atom stereocenters. The highest BCUT2D eigenvalue weighted by atomic mass is 32.2. The molecule has 0 N–H and O–H groups in total. The zero-order chi connectivity index (χ0) is 14.7. The van der Waals surface area contributed by atoms with Crippen LogP contribution in [0.3, 0.4) is 0 Å². The molecular formula is C14H26O3S2. The minimum absolute atomic E-state index is 0.236. The number of carbonyl (C=O) groups excluding carboxylic acids is 2. The molecule has 0 fully saturated rings. The molecule has 0 radical (unpaired) electrons. The van der Waals surface area contributed by atoms with Gasteiger partial charge < -0.3 is 4.74 Å². The van der Waals surface area contributed by atoms with Crippen LogP contribution in [0.2, 0.25) is 0 Å². The molecule has 0 atom stereocenters. The van der Waals surface area contributed by atoms with Crippen LogP contribution in [0.25, 0.3) is 0 Å². The lowest BCUT2D eigenvalue weighted by Crippen LogP contribution is -2.06. The third-order valence-corrected chi connectivity index (χ3v) is 3.85. The molecule has 0 rings (SSSR count). The molecule has 0 saturated carbocycles. The molecule has 0 heterocycles. The van der Waals surface area contributed by atoms with Gasteiger partial charge in [-0.2, -0.15) is 0 Å². The molecule has 0 aliphatic heterocycles. The molecule has 5 heteroatoms. The topological polar surface area (TPSA) is 43.4 Å². The van der Waals surface area contributed by atoms with E-state index in [0.717, 1.165) is 0 Å². The molecule has 0 aromatic carbocycles. The molecule has 0 saturated heterocycles. The highest BCUT2D eigenvalue weighted by Gasteiger charge is 2.06. The Labute approximate surface area is 125 Å². The largest absolute Gasteiger partial charge is 0.380 e. The van der Waals surface area contributed by atoms with Crippen LogP contribution in [0, 0.1) is 11.8 Å². The maximum atomic E-state index is 11.4. The van der Waals surface area contributed by atoms with Crippen molar-refractivity contribution in [3.63, 3.8) is 0 Å². The van der Waals surface area contributed by atoms with Crippen LogP contribution in [0.5, 0.6) is 0 Å². The third-order valence-electron chi connectivity index (χ3n) is 2.13. The Balaban J connectivity index is 3.32. The number of thioether (sulfide) groups is 2. The van der Waals surface area contributed by atoms with Crippen molar-refractivity contribution in [2.24, 2.45) is 11.8 Å². The van der Waals surface area contributed by atoms with E-state index < -0.39 is 0 Å². The number of rotatable bonds is 10. The lowest BCUT2D eigenvalue weighted by Gasteiger charge is -2.05. The van der Waals surface area contributed by atoms with Gasteiger partial charge in [0, 0.05) is 24.3 Å². The summed E-state index contributed by atoms with van der Waals surface area (Å²) in [6.45, 7) is 9.32. The van der Waals surface area contributed by atoms with Crippen molar-refractivity contribution in [2.45, 2.75) is 40.5 Å². The number of carbonyl (C=O) groups is 2. The second kappa shape index (κ2) is 11.8. The molecule has 0 aliphatic rings. The minimum Gasteiger partial charge on any atom is -0.380 e. The first-order chi connectivity index (χ1) is 8.91. The first-order valence-corrected chi connectivity index (χ1v) is 8.78. The quantitative estimate of drug-likeness (QED) is 0.577. The van der Waals surface area contributed by atoms with E-state index in [4.69, 9.17) is 4.74 Å². The molecule has 0 aliphatic carbocycles. The Bertz CT molecular complexity index is 239. The van der Waals surface area contributed by atoms with E-state index in [-0.39, 0.29) is 10.2 Å². The van der Waals surface area contributed by atoms with Crippen molar-refractivity contribution >= 4 is 33.8 Å².